The lowest BCUT2D eigenvalue weighted by atomic mass is 10.1. The number of nitrogens with one attached hydrogen (secondary N) is 1. The zero-order valence-corrected chi connectivity index (χ0v) is 10.7. The molecule has 0 bridgehead atoms. The highest BCUT2D eigenvalue weighted by molar-refractivity contribution is 5.93. The lowest BCUT2D eigenvalue weighted by molar-refractivity contribution is 0.0698. The predicted octanol–water partition coefficient (Wildman–Crippen LogP) is 2.81. The topological polar surface area (TPSA) is 75.4 Å². The molecule has 0 amide bonds. The third-order valence-electron chi connectivity index (χ3n) is 2.86. The molecule has 0 saturated heterocycles. The molecule has 0 radical (unpaired) electrons. The summed E-state index contributed by atoms with van der Waals surface area (Å²) in [6, 6.07) is 5.41. The standard InChI is InChI=1S/C14H16N2O3/c1-10(4-5-11-3-2-8-19-11)16-13-9-15-7-6-12(13)14(17)18/h2-3,6-10,16H,4-5H2,1H3,(H,17,18). The lowest BCUT2D eigenvalue weighted by Crippen LogP contribution is -2.18. The van der Waals surface area contributed by atoms with Crippen LogP contribution in [0.2, 0.25) is 0 Å². The summed E-state index contributed by atoms with van der Waals surface area (Å²) in [7, 11) is 0. The third-order valence-corrected chi connectivity index (χ3v) is 2.86. The number of aromatic carboxylic acids is 1. The van der Waals surface area contributed by atoms with Crippen LogP contribution in [0.4, 0.5) is 5.69 Å². The minimum absolute atomic E-state index is 0.132. The van der Waals surface area contributed by atoms with Gasteiger partial charge in [-0.05, 0) is 31.5 Å². The van der Waals surface area contributed by atoms with Gasteiger partial charge in [-0.25, -0.2) is 4.79 Å². The molecule has 0 spiro atoms. The maximum atomic E-state index is 11.1. The molecule has 1 atom stereocenters. The van der Waals surface area contributed by atoms with Gasteiger partial charge >= 0.3 is 5.97 Å². The summed E-state index contributed by atoms with van der Waals surface area (Å²) in [5.74, 6) is -0.0265. The molecule has 2 aromatic heterocycles. The van der Waals surface area contributed by atoms with Crippen LogP contribution in [0.15, 0.2) is 41.3 Å². The molecule has 5 heteroatoms. The summed E-state index contributed by atoms with van der Waals surface area (Å²) >= 11 is 0. The molecule has 0 aromatic carbocycles. The Kier molecular flexibility index (Phi) is 4.18. The Labute approximate surface area is 111 Å². The Bertz CT molecular complexity index is 537. The zero-order valence-electron chi connectivity index (χ0n) is 10.7. The fourth-order valence-corrected chi connectivity index (χ4v) is 1.85. The molecular weight excluding hydrogens is 244 g/mol. The molecule has 2 aromatic rings. The number of aryl methyl sites for hydroxylation is 1. The van der Waals surface area contributed by atoms with Gasteiger partial charge in [-0.3, -0.25) is 4.98 Å². The molecule has 0 aliphatic heterocycles. The van der Waals surface area contributed by atoms with Crippen LogP contribution in [0, 0.1) is 0 Å². The van der Waals surface area contributed by atoms with Crippen LogP contribution in [0.1, 0.15) is 29.5 Å². The molecule has 5 nitrogen and oxygen atoms in total. The smallest absolute Gasteiger partial charge is 0.337 e. The Hall–Kier alpha value is -2.30. The van der Waals surface area contributed by atoms with Crippen molar-refractivity contribution in [3.8, 4) is 0 Å². The van der Waals surface area contributed by atoms with Crippen LogP contribution in [0.25, 0.3) is 0 Å². The summed E-state index contributed by atoms with van der Waals surface area (Å²) in [6.45, 7) is 2.00. The SMILES string of the molecule is CC(CCc1ccco1)Nc1cnccc1C(=O)O. The molecule has 2 heterocycles. The number of hydrogen-bond acceptors (Lipinski definition) is 4. The average molecular weight is 260 g/mol. The van der Waals surface area contributed by atoms with Gasteiger partial charge in [0.1, 0.15) is 5.76 Å². The van der Waals surface area contributed by atoms with Crippen molar-refractivity contribution in [2.75, 3.05) is 5.32 Å². The van der Waals surface area contributed by atoms with Crippen molar-refractivity contribution >= 4 is 11.7 Å². The van der Waals surface area contributed by atoms with Gasteiger partial charge in [0, 0.05) is 18.7 Å². The molecule has 0 fully saturated rings. The van der Waals surface area contributed by atoms with Gasteiger partial charge < -0.3 is 14.8 Å². The van der Waals surface area contributed by atoms with E-state index in [1.165, 1.54) is 18.5 Å². The highest BCUT2D eigenvalue weighted by Gasteiger charge is 2.12. The summed E-state index contributed by atoms with van der Waals surface area (Å²) in [6.07, 6.45) is 6.32. The Morgan fingerprint density at radius 2 is 2.37 bits per heavy atom. The molecule has 0 saturated carbocycles. The molecular formula is C14H16N2O3. The predicted molar refractivity (Wildman–Crippen MR) is 71.3 cm³/mol. The Morgan fingerprint density at radius 3 is 3.05 bits per heavy atom. The first-order valence-electron chi connectivity index (χ1n) is 6.13. The van der Waals surface area contributed by atoms with E-state index in [-0.39, 0.29) is 11.6 Å². The number of furan rings is 1. The van der Waals surface area contributed by atoms with Gasteiger partial charge in [-0.1, -0.05) is 0 Å². The molecule has 2 N–H and O–H groups in total. The largest absolute Gasteiger partial charge is 0.478 e. The van der Waals surface area contributed by atoms with Crippen LogP contribution >= 0.6 is 0 Å². The van der Waals surface area contributed by atoms with E-state index in [1.807, 2.05) is 19.1 Å². The van der Waals surface area contributed by atoms with Crippen molar-refractivity contribution in [3.63, 3.8) is 0 Å². The lowest BCUT2D eigenvalue weighted by Gasteiger charge is -2.15. The van der Waals surface area contributed by atoms with Crippen LogP contribution in [0.3, 0.4) is 0 Å². The zero-order chi connectivity index (χ0) is 13.7. The van der Waals surface area contributed by atoms with E-state index in [0.29, 0.717) is 5.69 Å². The number of nitrogens with zero attached hydrogens (tertiary/aromatic N) is 1. The minimum atomic E-state index is -0.955. The summed E-state index contributed by atoms with van der Waals surface area (Å²) in [4.78, 5) is 15.0. The summed E-state index contributed by atoms with van der Waals surface area (Å²) < 4.78 is 5.26. The first kappa shape index (κ1) is 13.1. The molecule has 19 heavy (non-hydrogen) atoms. The Morgan fingerprint density at radius 1 is 1.53 bits per heavy atom. The van der Waals surface area contributed by atoms with Crippen molar-refractivity contribution in [2.24, 2.45) is 0 Å². The van der Waals surface area contributed by atoms with E-state index in [1.54, 1.807) is 6.26 Å². The van der Waals surface area contributed by atoms with Gasteiger partial charge in [0.05, 0.1) is 23.7 Å². The van der Waals surface area contributed by atoms with E-state index in [4.69, 9.17) is 9.52 Å². The van der Waals surface area contributed by atoms with E-state index in [2.05, 4.69) is 10.3 Å². The summed E-state index contributed by atoms with van der Waals surface area (Å²) in [5, 5.41) is 12.2. The second-order valence-corrected chi connectivity index (χ2v) is 4.39. The van der Waals surface area contributed by atoms with E-state index in [9.17, 15) is 4.79 Å². The van der Waals surface area contributed by atoms with Gasteiger partial charge in [0.2, 0.25) is 0 Å². The molecule has 1 unspecified atom stereocenters. The van der Waals surface area contributed by atoms with Crippen molar-refractivity contribution < 1.29 is 14.3 Å². The first-order valence-corrected chi connectivity index (χ1v) is 6.13. The number of carbonyl (C=O) groups is 1. The molecule has 100 valence electrons. The van der Waals surface area contributed by atoms with Gasteiger partial charge in [-0.2, -0.15) is 0 Å². The van der Waals surface area contributed by atoms with E-state index in [0.717, 1.165) is 18.6 Å². The maximum absolute atomic E-state index is 11.1. The van der Waals surface area contributed by atoms with Crippen LogP contribution in [-0.2, 0) is 6.42 Å². The fraction of sp³-hybridized carbons (Fsp3) is 0.286. The third kappa shape index (κ3) is 3.58. The van der Waals surface area contributed by atoms with Crippen LogP contribution < -0.4 is 5.32 Å². The molecule has 2 rings (SSSR count). The highest BCUT2D eigenvalue weighted by atomic mass is 16.4. The molecule has 0 aliphatic carbocycles. The minimum Gasteiger partial charge on any atom is -0.478 e. The van der Waals surface area contributed by atoms with Crippen LogP contribution in [0.5, 0.6) is 0 Å². The monoisotopic (exact) mass is 260 g/mol. The quantitative estimate of drug-likeness (QED) is 0.835. The number of pyridine rings is 1. The van der Waals surface area contributed by atoms with Crippen molar-refractivity contribution in [1.82, 2.24) is 4.98 Å². The second kappa shape index (κ2) is 6.04. The van der Waals surface area contributed by atoms with Gasteiger partial charge in [0.15, 0.2) is 0 Å². The van der Waals surface area contributed by atoms with E-state index < -0.39 is 5.97 Å². The normalized spacial score (nSPS) is 12.1. The maximum Gasteiger partial charge on any atom is 0.337 e. The van der Waals surface area contributed by atoms with Gasteiger partial charge in [-0.15, -0.1) is 0 Å². The second-order valence-electron chi connectivity index (χ2n) is 4.39. The van der Waals surface area contributed by atoms with Crippen molar-refractivity contribution in [2.45, 2.75) is 25.8 Å². The van der Waals surface area contributed by atoms with Crippen molar-refractivity contribution in [3.05, 3.63) is 48.2 Å². The Balaban J connectivity index is 1.95. The number of aromatic nitrogens is 1. The van der Waals surface area contributed by atoms with Gasteiger partial charge in [0.25, 0.3) is 0 Å². The summed E-state index contributed by atoms with van der Waals surface area (Å²) in [5.41, 5.74) is 0.779. The number of rotatable bonds is 6. The highest BCUT2D eigenvalue weighted by Crippen LogP contribution is 2.16. The van der Waals surface area contributed by atoms with E-state index >= 15 is 0 Å². The number of carboxylic acid groups (broad SMARTS) is 1. The number of carboxylic acids is 1. The van der Waals surface area contributed by atoms with Crippen molar-refractivity contribution in [1.29, 1.82) is 0 Å². The first-order chi connectivity index (χ1) is 9.16. The number of anilines is 1. The average Bonchev–Trinajstić information content (AvgIpc) is 2.90. The number of hydrogen-bond donors (Lipinski definition) is 2. The molecule has 0 aliphatic rings. The fourth-order valence-electron chi connectivity index (χ4n) is 1.85. The van der Waals surface area contributed by atoms with Crippen LogP contribution in [-0.4, -0.2) is 22.1 Å².